The Hall–Kier alpha value is -2.41. The molecular formula is C14H16N6O. The highest BCUT2D eigenvalue weighted by Gasteiger charge is 2.20. The summed E-state index contributed by atoms with van der Waals surface area (Å²) in [5, 5.41) is 7.39. The second-order valence-electron chi connectivity index (χ2n) is 5.12. The molecule has 0 unspecified atom stereocenters. The van der Waals surface area contributed by atoms with Gasteiger partial charge in [-0.05, 0) is 12.1 Å². The molecule has 0 bridgehead atoms. The number of hydrogen-bond acceptors (Lipinski definition) is 6. The molecule has 2 aromatic heterocycles. The maximum atomic E-state index is 5.39. The molecular weight excluding hydrogens is 268 g/mol. The molecule has 21 heavy (non-hydrogen) atoms. The highest BCUT2D eigenvalue weighted by atomic mass is 16.5. The fourth-order valence-corrected chi connectivity index (χ4v) is 2.64. The smallest absolute Gasteiger partial charge is 0.324 e. The molecule has 108 valence electrons. The van der Waals surface area contributed by atoms with E-state index in [4.69, 9.17) is 4.52 Å². The van der Waals surface area contributed by atoms with Crippen molar-refractivity contribution in [3.05, 3.63) is 24.3 Å². The zero-order valence-electron chi connectivity index (χ0n) is 11.8. The van der Waals surface area contributed by atoms with E-state index in [2.05, 4.69) is 25.3 Å². The maximum absolute atomic E-state index is 5.39. The van der Waals surface area contributed by atoms with Gasteiger partial charge in [-0.1, -0.05) is 17.3 Å². The third-order valence-corrected chi connectivity index (χ3v) is 3.79. The van der Waals surface area contributed by atoms with Gasteiger partial charge in [0.15, 0.2) is 5.82 Å². The van der Waals surface area contributed by atoms with Crippen LogP contribution in [-0.4, -0.2) is 45.9 Å². The van der Waals surface area contributed by atoms with Crippen LogP contribution in [-0.2, 0) is 7.05 Å². The predicted octanol–water partition coefficient (Wildman–Crippen LogP) is 1.03. The van der Waals surface area contributed by atoms with Gasteiger partial charge in [0.1, 0.15) is 0 Å². The molecule has 3 aromatic rings. The number of nitrogens with one attached hydrogen (secondary N) is 1. The lowest BCUT2D eigenvalue weighted by Gasteiger charge is -2.24. The van der Waals surface area contributed by atoms with Crippen molar-refractivity contribution in [2.45, 2.75) is 0 Å². The molecule has 0 radical (unpaired) electrons. The number of nitrogens with zero attached hydrogens (tertiary/aromatic N) is 5. The first-order valence-electron chi connectivity index (χ1n) is 7.04. The topological polar surface area (TPSA) is 72.0 Å². The molecule has 7 heteroatoms. The SMILES string of the molecule is Cn1c(-c2noc(N3CCNCC3)n2)nc2ccccc21. The summed E-state index contributed by atoms with van der Waals surface area (Å²) in [6.45, 7) is 3.63. The minimum atomic E-state index is 0.530. The van der Waals surface area contributed by atoms with E-state index in [0.29, 0.717) is 11.8 Å². The van der Waals surface area contributed by atoms with E-state index in [1.165, 1.54) is 0 Å². The molecule has 0 saturated carbocycles. The van der Waals surface area contributed by atoms with Crippen molar-refractivity contribution in [3.63, 3.8) is 0 Å². The van der Waals surface area contributed by atoms with Crippen LogP contribution in [0.4, 0.5) is 6.01 Å². The van der Waals surface area contributed by atoms with Gasteiger partial charge in [0.25, 0.3) is 0 Å². The molecule has 1 N–H and O–H groups in total. The molecule has 1 aliphatic heterocycles. The van der Waals surface area contributed by atoms with Crippen LogP contribution in [0.3, 0.4) is 0 Å². The lowest BCUT2D eigenvalue weighted by Crippen LogP contribution is -2.43. The van der Waals surface area contributed by atoms with Gasteiger partial charge < -0.3 is 19.3 Å². The molecule has 4 rings (SSSR count). The summed E-state index contributed by atoms with van der Waals surface area (Å²) >= 11 is 0. The number of aryl methyl sites for hydroxylation is 1. The van der Waals surface area contributed by atoms with Crippen LogP contribution in [0.2, 0.25) is 0 Å². The number of para-hydroxylation sites is 2. The lowest BCUT2D eigenvalue weighted by atomic mass is 10.3. The third-order valence-electron chi connectivity index (χ3n) is 3.79. The van der Waals surface area contributed by atoms with Crippen LogP contribution >= 0.6 is 0 Å². The van der Waals surface area contributed by atoms with E-state index < -0.39 is 0 Å². The first kappa shape index (κ1) is 12.3. The van der Waals surface area contributed by atoms with Gasteiger partial charge in [0.05, 0.1) is 11.0 Å². The van der Waals surface area contributed by atoms with Gasteiger partial charge in [-0.2, -0.15) is 4.98 Å². The second-order valence-corrected chi connectivity index (χ2v) is 5.12. The fourth-order valence-electron chi connectivity index (χ4n) is 2.64. The second kappa shape index (κ2) is 4.85. The number of aromatic nitrogens is 4. The van der Waals surface area contributed by atoms with Crippen LogP contribution in [0.25, 0.3) is 22.7 Å². The molecule has 1 saturated heterocycles. The van der Waals surface area contributed by atoms with Crippen molar-refractivity contribution in [1.29, 1.82) is 0 Å². The van der Waals surface area contributed by atoms with Gasteiger partial charge in [0, 0.05) is 33.2 Å². The fraction of sp³-hybridized carbons (Fsp3) is 0.357. The molecule has 0 aliphatic carbocycles. The van der Waals surface area contributed by atoms with Crippen LogP contribution in [0.1, 0.15) is 0 Å². The van der Waals surface area contributed by atoms with E-state index in [1.807, 2.05) is 35.9 Å². The monoisotopic (exact) mass is 284 g/mol. The predicted molar refractivity (Wildman–Crippen MR) is 79.1 cm³/mol. The van der Waals surface area contributed by atoms with Crippen LogP contribution < -0.4 is 10.2 Å². The van der Waals surface area contributed by atoms with Crippen molar-refractivity contribution in [2.24, 2.45) is 7.05 Å². The molecule has 0 amide bonds. The molecule has 1 aliphatic rings. The van der Waals surface area contributed by atoms with Crippen LogP contribution in [0.15, 0.2) is 28.8 Å². The number of imidazole rings is 1. The average Bonchev–Trinajstić information content (AvgIpc) is 3.14. The Balaban J connectivity index is 1.72. The third kappa shape index (κ3) is 2.06. The summed E-state index contributed by atoms with van der Waals surface area (Å²) in [7, 11) is 1.96. The van der Waals surface area contributed by atoms with Crippen molar-refractivity contribution < 1.29 is 4.52 Å². The molecule has 1 aromatic carbocycles. The number of piperazine rings is 1. The van der Waals surface area contributed by atoms with Crippen LogP contribution in [0, 0.1) is 0 Å². The van der Waals surface area contributed by atoms with Gasteiger partial charge in [0.2, 0.25) is 5.82 Å². The zero-order chi connectivity index (χ0) is 14.2. The quantitative estimate of drug-likeness (QED) is 0.758. The van der Waals surface area contributed by atoms with E-state index in [9.17, 15) is 0 Å². The summed E-state index contributed by atoms with van der Waals surface area (Å²) in [6.07, 6.45) is 0. The van der Waals surface area contributed by atoms with Crippen molar-refractivity contribution in [2.75, 3.05) is 31.1 Å². The Labute approximate surface area is 121 Å². The molecule has 0 atom stereocenters. The normalized spacial score (nSPS) is 15.8. The van der Waals surface area contributed by atoms with E-state index in [1.54, 1.807) is 0 Å². The largest absolute Gasteiger partial charge is 0.324 e. The average molecular weight is 284 g/mol. The van der Waals surface area contributed by atoms with Gasteiger partial charge in [-0.25, -0.2) is 4.98 Å². The number of rotatable bonds is 2. The van der Waals surface area contributed by atoms with Crippen LogP contribution in [0.5, 0.6) is 0 Å². The minimum absolute atomic E-state index is 0.530. The number of benzene rings is 1. The van der Waals surface area contributed by atoms with Gasteiger partial charge >= 0.3 is 6.01 Å². The zero-order valence-corrected chi connectivity index (χ0v) is 11.8. The highest BCUT2D eigenvalue weighted by molar-refractivity contribution is 5.79. The highest BCUT2D eigenvalue weighted by Crippen LogP contribution is 2.23. The molecule has 0 spiro atoms. The first-order chi connectivity index (χ1) is 10.3. The summed E-state index contributed by atoms with van der Waals surface area (Å²) in [5.41, 5.74) is 1.99. The number of fused-ring (bicyclic) bond motifs is 1. The van der Waals surface area contributed by atoms with E-state index >= 15 is 0 Å². The van der Waals surface area contributed by atoms with Crippen molar-refractivity contribution in [3.8, 4) is 11.6 Å². The van der Waals surface area contributed by atoms with Crippen molar-refractivity contribution >= 4 is 17.0 Å². The lowest BCUT2D eigenvalue weighted by molar-refractivity contribution is 0.405. The number of hydrogen-bond donors (Lipinski definition) is 1. The first-order valence-corrected chi connectivity index (χ1v) is 7.04. The summed E-state index contributed by atoms with van der Waals surface area (Å²) in [5.74, 6) is 1.25. The minimum Gasteiger partial charge on any atom is -0.324 e. The Morgan fingerprint density at radius 3 is 2.76 bits per heavy atom. The Morgan fingerprint density at radius 1 is 1.14 bits per heavy atom. The van der Waals surface area contributed by atoms with Gasteiger partial charge in [-0.15, -0.1) is 0 Å². The number of anilines is 1. The Kier molecular flexibility index (Phi) is 2.85. The molecule has 3 heterocycles. The molecule has 1 fully saturated rings. The maximum Gasteiger partial charge on any atom is 0.324 e. The summed E-state index contributed by atoms with van der Waals surface area (Å²) < 4.78 is 7.38. The Morgan fingerprint density at radius 2 is 1.95 bits per heavy atom. The van der Waals surface area contributed by atoms with E-state index in [-0.39, 0.29) is 0 Å². The van der Waals surface area contributed by atoms with E-state index in [0.717, 1.165) is 43.0 Å². The van der Waals surface area contributed by atoms with Crippen molar-refractivity contribution in [1.82, 2.24) is 25.0 Å². The standard InChI is InChI=1S/C14H16N6O/c1-19-11-5-3-2-4-10(11)16-13(19)12-17-14(21-18-12)20-8-6-15-7-9-20/h2-5,15H,6-9H2,1H3. The summed E-state index contributed by atoms with van der Waals surface area (Å²) in [6, 6.07) is 8.55. The summed E-state index contributed by atoms with van der Waals surface area (Å²) in [4.78, 5) is 11.2. The van der Waals surface area contributed by atoms with Gasteiger partial charge in [-0.3, -0.25) is 0 Å². The molecule has 7 nitrogen and oxygen atoms in total. The Bertz CT molecular complexity index is 771.